The Hall–Kier alpha value is -2.56. The highest BCUT2D eigenvalue weighted by molar-refractivity contribution is 6.02. The van der Waals surface area contributed by atoms with Crippen LogP contribution in [0.5, 0.6) is 0 Å². The Morgan fingerprint density at radius 1 is 1.12 bits per heavy atom. The highest BCUT2D eigenvalue weighted by atomic mass is 16.4. The molecule has 2 rings (SSSR count). The number of carbonyl (C=O) groups excluding carboxylic acids is 1. The second kappa shape index (κ2) is 4.52. The maximum atomic E-state index is 11.6. The number of amides is 1. The van der Waals surface area contributed by atoms with Gasteiger partial charge in [-0.25, -0.2) is 4.79 Å². The topological polar surface area (TPSA) is 79.5 Å². The largest absolute Gasteiger partial charge is 0.478 e. The summed E-state index contributed by atoms with van der Waals surface area (Å²) in [5.74, 6) is -1.18. The fourth-order valence-corrected chi connectivity index (χ4v) is 1.30. The molecular weight excluding hydrogens is 222 g/mol. The van der Waals surface area contributed by atoms with Crippen LogP contribution in [0, 0.1) is 0 Å². The molecule has 1 heterocycles. The molecule has 0 saturated carbocycles. The first-order chi connectivity index (χ1) is 8.16. The van der Waals surface area contributed by atoms with Gasteiger partial charge in [0.05, 0.1) is 11.8 Å². The lowest BCUT2D eigenvalue weighted by atomic mass is 10.2. The predicted molar refractivity (Wildman–Crippen MR) is 60.1 cm³/mol. The van der Waals surface area contributed by atoms with Crippen LogP contribution in [0.1, 0.15) is 20.9 Å². The number of rotatable bonds is 3. The zero-order valence-corrected chi connectivity index (χ0v) is 8.71. The number of carboxylic acid groups (broad SMARTS) is 1. The molecular formula is C12H9NO4. The van der Waals surface area contributed by atoms with E-state index >= 15 is 0 Å². The van der Waals surface area contributed by atoms with Gasteiger partial charge in [0, 0.05) is 5.69 Å². The van der Waals surface area contributed by atoms with Crippen molar-refractivity contribution in [2.75, 3.05) is 5.32 Å². The molecule has 5 heteroatoms. The molecule has 0 spiro atoms. The second-order valence-electron chi connectivity index (χ2n) is 3.31. The van der Waals surface area contributed by atoms with Gasteiger partial charge in [-0.2, -0.15) is 0 Å². The molecule has 2 aromatic rings. The van der Waals surface area contributed by atoms with Crippen molar-refractivity contribution in [3.8, 4) is 0 Å². The van der Waals surface area contributed by atoms with Crippen molar-refractivity contribution < 1.29 is 19.1 Å². The molecule has 0 aliphatic heterocycles. The van der Waals surface area contributed by atoms with Gasteiger partial charge in [0.2, 0.25) is 0 Å². The average molecular weight is 231 g/mol. The second-order valence-corrected chi connectivity index (χ2v) is 3.31. The molecule has 86 valence electrons. The van der Waals surface area contributed by atoms with E-state index in [0.29, 0.717) is 5.69 Å². The van der Waals surface area contributed by atoms with Gasteiger partial charge in [-0.1, -0.05) is 0 Å². The van der Waals surface area contributed by atoms with Gasteiger partial charge in [0.1, 0.15) is 0 Å². The van der Waals surface area contributed by atoms with E-state index in [1.807, 2.05) is 0 Å². The Bertz CT molecular complexity index is 528. The molecule has 1 aromatic carbocycles. The first-order valence-electron chi connectivity index (χ1n) is 4.85. The van der Waals surface area contributed by atoms with Crippen LogP contribution in [-0.2, 0) is 0 Å². The molecule has 0 atom stereocenters. The van der Waals surface area contributed by atoms with Gasteiger partial charge in [-0.15, -0.1) is 0 Å². The first-order valence-corrected chi connectivity index (χ1v) is 4.85. The Morgan fingerprint density at radius 3 is 2.35 bits per heavy atom. The normalized spacial score (nSPS) is 9.88. The van der Waals surface area contributed by atoms with Crippen molar-refractivity contribution in [1.29, 1.82) is 0 Å². The van der Waals surface area contributed by atoms with Crippen LogP contribution in [0.15, 0.2) is 47.1 Å². The van der Waals surface area contributed by atoms with Crippen LogP contribution in [0.4, 0.5) is 5.69 Å². The number of carboxylic acids is 1. The van der Waals surface area contributed by atoms with Gasteiger partial charge in [0.15, 0.2) is 5.76 Å². The van der Waals surface area contributed by atoms with Crippen molar-refractivity contribution in [3.05, 3.63) is 54.0 Å². The number of benzene rings is 1. The lowest BCUT2D eigenvalue weighted by molar-refractivity contribution is 0.0696. The van der Waals surface area contributed by atoms with E-state index in [2.05, 4.69) is 5.32 Å². The van der Waals surface area contributed by atoms with Crippen LogP contribution >= 0.6 is 0 Å². The fourth-order valence-electron chi connectivity index (χ4n) is 1.30. The number of hydrogen-bond donors (Lipinski definition) is 2. The van der Waals surface area contributed by atoms with Crippen molar-refractivity contribution in [1.82, 2.24) is 0 Å². The fraction of sp³-hybridized carbons (Fsp3) is 0. The van der Waals surface area contributed by atoms with E-state index in [1.54, 1.807) is 12.1 Å². The van der Waals surface area contributed by atoms with Crippen LogP contribution in [0.25, 0.3) is 0 Å². The quantitative estimate of drug-likeness (QED) is 0.848. The summed E-state index contributed by atoms with van der Waals surface area (Å²) >= 11 is 0. The van der Waals surface area contributed by atoms with Crippen LogP contribution < -0.4 is 5.32 Å². The zero-order valence-electron chi connectivity index (χ0n) is 8.71. The van der Waals surface area contributed by atoms with Gasteiger partial charge in [-0.05, 0) is 36.4 Å². The van der Waals surface area contributed by atoms with E-state index in [9.17, 15) is 9.59 Å². The first kappa shape index (κ1) is 10.9. The summed E-state index contributed by atoms with van der Waals surface area (Å²) in [5.41, 5.74) is 0.678. The standard InChI is InChI=1S/C12H9NO4/c14-11(10-2-1-7-17-10)13-9-5-3-8(4-6-9)12(15)16/h1-7H,(H,13,14)(H,15,16). The molecule has 0 fully saturated rings. The average Bonchev–Trinajstić information content (AvgIpc) is 2.83. The number of anilines is 1. The highest BCUT2D eigenvalue weighted by Gasteiger charge is 2.09. The van der Waals surface area contributed by atoms with Gasteiger partial charge in [-0.3, -0.25) is 4.79 Å². The number of aromatic carboxylic acids is 1. The molecule has 2 N–H and O–H groups in total. The molecule has 1 aromatic heterocycles. The third-order valence-corrected chi connectivity index (χ3v) is 2.13. The predicted octanol–water partition coefficient (Wildman–Crippen LogP) is 2.23. The summed E-state index contributed by atoms with van der Waals surface area (Å²) in [4.78, 5) is 22.2. The number of nitrogens with one attached hydrogen (secondary N) is 1. The zero-order chi connectivity index (χ0) is 12.3. The minimum atomic E-state index is -1.01. The van der Waals surface area contributed by atoms with Crippen molar-refractivity contribution in [2.24, 2.45) is 0 Å². The molecule has 0 bridgehead atoms. The van der Waals surface area contributed by atoms with Gasteiger partial charge >= 0.3 is 5.97 Å². The van der Waals surface area contributed by atoms with Crippen LogP contribution in [0.2, 0.25) is 0 Å². The molecule has 17 heavy (non-hydrogen) atoms. The summed E-state index contributed by atoms with van der Waals surface area (Å²) in [6, 6.07) is 9.03. The summed E-state index contributed by atoms with van der Waals surface area (Å²) in [6.07, 6.45) is 1.41. The molecule has 0 aliphatic carbocycles. The maximum absolute atomic E-state index is 11.6. The van der Waals surface area contributed by atoms with E-state index in [4.69, 9.17) is 9.52 Å². The van der Waals surface area contributed by atoms with E-state index in [1.165, 1.54) is 30.5 Å². The maximum Gasteiger partial charge on any atom is 0.335 e. The molecule has 0 unspecified atom stereocenters. The van der Waals surface area contributed by atoms with Gasteiger partial charge < -0.3 is 14.8 Å². The smallest absolute Gasteiger partial charge is 0.335 e. The lowest BCUT2D eigenvalue weighted by Gasteiger charge is -2.03. The molecule has 1 amide bonds. The Morgan fingerprint density at radius 2 is 1.82 bits per heavy atom. The SMILES string of the molecule is O=C(O)c1ccc(NC(=O)c2ccco2)cc1. The highest BCUT2D eigenvalue weighted by Crippen LogP contribution is 2.11. The Balaban J connectivity index is 2.09. The Kier molecular flexibility index (Phi) is 2.91. The monoisotopic (exact) mass is 231 g/mol. The van der Waals surface area contributed by atoms with Gasteiger partial charge in [0.25, 0.3) is 5.91 Å². The molecule has 0 saturated heterocycles. The number of furan rings is 1. The van der Waals surface area contributed by atoms with Crippen LogP contribution in [0.3, 0.4) is 0 Å². The molecule has 0 radical (unpaired) electrons. The number of hydrogen-bond acceptors (Lipinski definition) is 3. The third kappa shape index (κ3) is 2.52. The van der Waals surface area contributed by atoms with E-state index in [-0.39, 0.29) is 17.2 Å². The number of carbonyl (C=O) groups is 2. The minimum Gasteiger partial charge on any atom is -0.478 e. The summed E-state index contributed by atoms with van der Waals surface area (Å²) < 4.78 is 4.92. The van der Waals surface area contributed by atoms with Crippen molar-refractivity contribution >= 4 is 17.6 Å². The van der Waals surface area contributed by atoms with E-state index < -0.39 is 5.97 Å². The van der Waals surface area contributed by atoms with Crippen LogP contribution in [-0.4, -0.2) is 17.0 Å². The van der Waals surface area contributed by atoms with Crippen molar-refractivity contribution in [3.63, 3.8) is 0 Å². The third-order valence-electron chi connectivity index (χ3n) is 2.13. The minimum absolute atomic E-state index is 0.168. The summed E-state index contributed by atoms with van der Waals surface area (Å²) in [5, 5.41) is 11.3. The summed E-state index contributed by atoms with van der Waals surface area (Å²) in [7, 11) is 0. The Labute approximate surface area is 96.7 Å². The summed E-state index contributed by atoms with van der Waals surface area (Å²) in [6.45, 7) is 0. The van der Waals surface area contributed by atoms with Crippen molar-refractivity contribution in [2.45, 2.75) is 0 Å². The molecule has 5 nitrogen and oxygen atoms in total. The molecule has 0 aliphatic rings. The lowest BCUT2D eigenvalue weighted by Crippen LogP contribution is -2.10. The van der Waals surface area contributed by atoms with E-state index in [0.717, 1.165) is 0 Å².